The van der Waals surface area contributed by atoms with Gasteiger partial charge in [-0.3, -0.25) is 9.59 Å². The van der Waals surface area contributed by atoms with Crippen LogP contribution in [0.1, 0.15) is 11.1 Å². The average molecular weight is 337 g/mol. The summed E-state index contributed by atoms with van der Waals surface area (Å²) in [5, 5.41) is 6.28. The first-order chi connectivity index (χ1) is 12.1. The van der Waals surface area contributed by atoms with Crippen molar-refractivity contribution in [2.75, 3.05) is 11.9 Å². The Morgan fingerprint density at radius 3 is 2.60 bits per heavy atom. The molecule has 0 atom stereocenters. The van der Waals surface area contributed by atoms with Gasteiger partial charge in [0.25, 0.3) is 0 Å². The molecule has 2 amide bonds. The van der Waals surface area contributed by atoms with E-state index in [1.165, 1.54) is 6.21 Å². The molecule has 0 spiro atoms. The topological polar surface area (TPSA) is 79.8 Å². The lowest BCUT2D eigenvalue weighted by Crippen LogP contribution is -2.32. The van der Waals surface area contributed by atoms with Gasteiger partial charge in [-0.05, 0) is 54.4 Å². The van der Waals surface area contributed by atoms with Crippen LogP contribution in [0.5, 0.6) is 5.75 Å². The van der Waals surface area contributed by atoms with Crippen LogP contribution in [0.2, 0.25) is 0 Å². The minimum Gasteiger partial charge on any atom is -0.490 e. The molecular weight excluding hydrogens is 318 g/mol. The Hall–Kier alpha value is -3.41. The zero-order valence-electron chi connectivity index (χ0n) is 13.9. The predicted molar refractivity (Wildman–Crippen MR) is 97.7 cm³/mol. The molecule has 2 aromatic rings. The van der Waals surface area contributed by atoms with Crippen LogP contribution in [0.15, 0.2) is 66.3 Å². The summed E-state index contributed by atoms with van der Waals surface area (Å²) >= 11 is 0. The maximum absolute atomic E-state index is 11.8. The number of anilines is 1. The quantitative estimate of drug-likeness (QED) is 0.368. The molecule has 6 nitrogen and oxygen atoms in total. The third-order valence-corrected chi connectivity index (χ3v) is 3.11. The first-order valence-electron chi connectivity index (χ1n) is 7.63. The number of aryl methyl sites for hydroxylation is 1. The highest BCUT2D eigenvalue weighted by Crippen LogP contribution is 2.11. The summed E-state index contributed by atoms with van der Waals surface area (Å²) in [6.07, 6.45) is 3.10. The Balaban J connectivity index is 1.85. The van der Waals surface area contributed by atoms with E-state index in [0.29, 0.717) is 18.0 Å². The van der Waals surface area contributed by atoms with Gasteiger partial charge in [-0.15, -0.1) is 0 Å². The first-order valence-corrected chi connectivity index (χ1v) is 7.63. The van der Waals surface area contributed by atoms with E-state index in [0.717, 1.165) is 11.1 Å². The summed E-state index contributed by atoms with van der Waals surface area (Å²) < 4.78 is 5.36. The van der Waals surface area contributed by atoms with Gasteiger partial charge in [0, 0.05) is 5.69 Å². The number of nitrogens with zero attached hydrogens (tertiary/aromatic N) is 1. The second-order valence-electron chi connectivity index (χ2n) is 5.19. The number of rotatable bonds is 6. The Bertz CT molecular complexity index is 783. The number of hydrazone groups is 1. The van der Waals surface area contributed by atoms with E-state index in [1.807, 2.05) is 13.0 Å². The van der Waals surface area contributed by atoms with Crippen molar-refractivity contribution in [2.45, 2.75) is 6.92 Å². The third kappa shape index (κ3) is 5.95. The Kier molecular flexibility index (Phi) is 6.47. The average Bonchev–Trinajstić information content (AvgIpc) is 2.61. The van der Waals surface area contributed by atoms with E-state index >= 15 is 0 Å². The van der Waals surface area contributed by atoms with Crippen molar-refractivity contribution in [1.29, 1.82) is 0 Å². The number of carbonyl (C=O) groups excluding carboxylic acids is 2. The van der Waals surface area contributed by atoms with Crippen LogP contribution in [0.25, 0.3) is 0 Å². The van der Waals surface area contributed by atoms with Crippen LogP contribution in [-0.2, 0) is 9.59 Å². The molecule has 0 heterocycles. The Morgan fingerprint density at radius 1 is 1.16 bits per heavy atom. The standard InChI is InChI=1S/C19H19N3O3/c1-3-11-25-17-9-7-15(8-10-17)13-20-22-19(24)18(23)21-16-6-4-5-14(2)12-16/h3-10,12-13H,1,11H2,2H3,(H,21,23)(H,22,24)/b20-13-. The number of hydrogen-bond acceptors (Lipinski definition) is 4. The number of ether oxygens (including phenoxy) is 1. The molecule has 0 bridgehead atoms. The van der Waals surface area contributed by atoms with Crippen LogP contribution in [0, 0.1) is 6.92 Å². The number of amides is 2. The number of carbonyl (C=O) groups is 2. The zero-order valence-corrected chi connectivity index (χ0v) is 13.9. The maximum Gasteiger partial charge on any atom is 0.329 e. The fraction of sp³-hybridized carbons (Fsp3) is 0.105. The largest absolute Gasteiger partial charge is 0.490 e. The number of hydrogen-bond donors (Lipinski definition) is 2. The fourth-order valence-corrected chi connectivity index (χ4v) is 1.93. The number of nitrogens with one attached hydrogen (secondary N) is 2. The molecule has 0 aliphatic rings. The predicted octanol–water partition coefficient (Wildman–Crippen LogP) is 2.65. The van der Waals surface area contributed by atoms with E-state index < -0.39 is 11.8 Å². The minimum atomic E-state index is -0.844. The summed E-state index contributed by atoms with van der Waals surface area (Å²) in [4.78, 5) is 23.5. The highest BCUT2D eigenvalue weighted by Gasteiger charge is 2.12. The minimum absolute atomic E-state index is 0.430. The molecule has 128 valence electrons. The fourth-order valence-electron chi connectivity index (χ4n) is 1.93. The van der Waals surface area contributed by atoms with E-state index in [-0.39, 0.29) is 0 Å². The molecular formula is C19H19N3O3. The highest BCUT2D eigenvalue weighted by molar-refractivity contribution is 6.39. The van der Waals surface area contributed by atoms with Crippen molar-refractivity contribution in [1.82, 2.24) is 5.43 Å². The molecule has 6 heteroatoms. The normalized spacial score (nSPS) is 10.3. The molecule has 0 fully saturated rings. The molecule has 0 saturated heterocycles. The zero-order chi connectivity index (χ0) is 18.1. The molecule has 0 saturated carbocycles. The van der Waals surface area contributed by atoms with Gasteiger partial charge in [-0.25, -0.2) is 5.43 Å². The van der Waals surface area contributed by atoms with Gasteiger partial charge in [0.1, 0.15) is 12.4 Å². The third-order valence-electron chi connectivity index (χ3n) is 3.11. The molecule has 0 radical (unpaired) electrons. The van der Waals surface area contributed by atoms with E-state index in [1.54, 1.807) is 48.5 Å². The van der Waals surface area contributed by atoms with Crippen molar-refractivity contribution in [3.63, 3.8) is 0 Å². The summed E-state index contributed by atoms with van der Waals surface area (Å²) in [5.41, 5.74) is 4.48. The lowest BCUT2D eigenvalue weighted by molar-refractivity contribution is -0.136. The first kappa shape index (κ1) is 17.9. The van der Waals surface area contributed by atoms with Crippen LogP contribution in [0.4, 0.5) is 5.69 Å². The van der Waals surface area contributed by atoms with Gasteiger partial charge in [-0.2, -0.15) is 5.10 Å². The lowest BCUT2D eigenvalue weighted by Gasteiger charge is -2.04. The summed E-state index contributed by atoms with van der Waals surface area (Å²) in [6, 6.07) is 14.3. The summed E-state index contributed by atoms with van der Waals surface area (Å²) in [6.45, 7) is 5.90. The number of benzene rings is 2. The molecule has 0 aliphatic carbocycles. The smallest absolute Gasteiger partial charge is 0.329 e. The molecule has 2 aromatic carbocycles. The van der Waals surface area contributed by atoms with Gasteiger partial charge in [0.15, 0.2) is 0 Å². The van der Waals surface area contributed by atoms with Crippen LogP contribution in [0.3, 0.4) is 0 Å². The monoisotopic (exact) mass is 337 g/mol. The molecule has 2 N–H and O–H groups in total. The lowest BCUT2D eigenvalue weighted by atomic mass is 10.2. The molecule has 25 heavy (non-hydrogen) atoms. The van der Waals surface area contributed by atoms with Gasteiger partial charge in [0.2, 0.25) is 0 Å². The van der Waals surface area contributed by atoms with Crippen molar-refractivity contribution < 1.29 is 14.3 Å². The van der Waals surface area contributed by atoms with E-state index in [2.05, 4.69) is 22.4 Å². The van der Waals surface area contributed by atoms with E-state index in [4.69, 9.17) is 4.74 Å². The van der Waals surface area contributed by atoms with E-state index in [9.17, 15) is 9.59 Å². The molecule has 0 unspecified atom stereocenters. The second kappa shape index (κ2) is 9.02. The van der Waals surface area contributed by atoms with Crippen LogP contribution in [-0.4, -0.2) is 24.6 Å². The Morgan fingerprint density at radius 2 is 1.92 bits per heavy atom. The van der Waals surface area contributed by atoms with Gasteiger partial charge < -0.3 is 10.1 Å². The maximum atomic E-state index is 11.8. The molecule has 0 aliphatic heterocycles. The van der Waals surface area contributed by atoms with Gasteiger partial charge in [0.05, 0.1) is 6.21 Å². The second-order valence-corrected chi connectivity index (χ2v) is 5.19. The van der Waals surface area contributed by atoms with Crippen molar-refractivity contribution in [3.8, 4) is 5.75 Å². The van der Waals surface area contributed by atoms with Crippen molar-refractivity contribution in [3.05, 3.63) is 72.3 Å². The molecule has 2 rings (SSSR count). The Labute approximate surface area is 146 Å². The van der Waals surface area contributed by atoms with Crippen LogP contribution < -0.4 is 15.5 Å². The van der Waals surface area contributed by atoms with Gasteiger partial charge >= 0.3 is 11.8 Å². The molecule has 0 aromatic heterocycles. The summed E-state index contributed by atoms with van der Waals surface area (Å²) in [7, 11) is 0. The summed E-state index contributed by atoms with van der Waals surface area (Å²) in [5.74, 6) is -0.918. The highest BCUT2D eigenvalue weighted by atomic mass is 16.5. The van der Waals surface area contributed by atoms with Gasteiger partial charge in [-0.1, -0.05) is 24.8 Å². The van der Waals surface area contributed by atoms with Crippen molar-refractivity contribution >= 4 is 23.7 Å². The van der Waals surface area contributed by atoms with Crippen LogP contribution >= 0.6 is 0 Å². The van der Waals surface area contributed by atoms with Crippen molar-refractivity contribution in [2.24, 2.45) is 5.10 Å². The SMILES string of the molecule is C=CCOc1ccc(/C=N\NC(=O)C(=O)Nc2cccc(C)c2)cc1.